The first-order chi connectivity index (χ1) is 9.38. The van der Waals surface area contributed by atoms with E-state index >= 15 is 0 Å². The summed E-state index contributed by atoms with van der Waals surface area (Å²) < 4.78 is 0.298. The van der Waals surface area contributed by atoms with Gasteiger partial charge in [-0.05, 0) is 38.0 Å². The van der Waals surface area contributed by atoms with Gasteiger partial charge in [-0.3, -0.25) is 4.79 Å². The van der Waals surface area contributed by atoms with Crippen molar-refractivity contribution in [3.05, 3.63) is 0 Å². The lowest BCUT2D eigenvalue weighted by atomic mass is 9.70. The molecule has 1 saturated carbocycles. The number of rotatable bonds is 2. The molecule has 0 unspecified atom stereocenters. The third kappa shape index (κ3) is 3.51. The predicted molar refractivity (Wildman–Crippen MR) is 86.9 cm³/mol. The fraction of sp³-hybridized carbons (Fsp3) is 0.938. The van der Waals surface area contributed by atoms with Crippen LogP contribution in [-0.4, -0.2) is 40.9 Å². The van der Waals surface area contributed by atoms with Crippen molar-refractivity contribution in [3.63, 3.8) is 0 Å². The highest BCUT2D eigenvalue weighted by Crippen LogP contribution is 2.40. The van der Waals surface area contributed by atoms with Crippen molar-refractivity contribution in [1.82, 2.24) is 4.90 Å². The Balaban J connectivity index is 2.05. The summed E-state index contributed by atoms with van der Waals surface area (Å²) in [4.78, 5) is 15.1. The molecule has 0 spiro atoms. The monoisotopic (exact) mass is 298 g/mol. The van der Waals surface area contributed by atoms with Crippen LogP contribution in [0.25, 0.3) is 0 Å². The maximum atomic E-state index is 13.0. The fourth-order valence-corrected chi connectivity index (χ4v) is 4.48. The highest BCUT2D eigenvalue weighted by molar-refractivity contribution is 8.00. The molecule has 0 aromatic heterocycles. The van der Waals surface area contributed by atoms with Crippen LogP contribution in [0.1, 0.15) is 52.9 Å². The number of nitrogens with two attached hydrogens (primary N) is 1. The molecule has 1 aliphatic carbocycles. The summed E-state index contributed by atoms with van der Waals surface area (Å²) in [6.07, 6.45) is 5.35. The lowest BCUT2D eigenvalue weighted by Crippen LogP contribution is -2.50. The van der Waals surface area contributed by atoms with Crippen LogP contribution in [0.4, 0.5) is 0 Å². The van der Waals surface area contributed by atoms with Gasteiger partial charge in [0.2, 0.25) is 5.91 Å². The van der Waals surface area contributed by atoms with E-state index in [1.807, 2.05) is 11.8 Å². The average molecular weight is 298 g/mol. The molecule has 116 valence electrons. The van der Waals surface area contributed by atoms with Crippen LogP contribution in [0.3, 0.4) is 0 Å². The third-order valence-electron chi connectivity index (χ3n) is 5.20. The number of carbonyl (C=O) groups excluding carboxylic acids is 1. The van der Waals surface area contributed by atoms with Gasteiger partial charge in [0.1, 0.15) is 0 Å². The standard InChI is InChI=1S/C16H30N2OS/c1-13-4-6-16(12-17,7-5-13)14(19)18-9-8-15(2,3)20-11-10-18/h13H,4-12,17H2,1-3H3. The molecule has 2 rings (SSSR count). The van der Waals surface area contributed by atoms with Crippen molar-refractivity contribution >= 4 is 17.7 Å². The van der Waals surface area contributed by atoms with Gasteiger partial charge in [-0.2, -0.15) is 11.8 Å². The molecular formula is C16H30N2OS. The van der Waals surface area contributed by atoms with Gasteiger partial charge in [0, 0.05) is 30.1 Å². The van der Waals surface area contributed by atoms with E-state index in [1.165, 1.54) is 0 Å². The molecule has 20 heavy (non-hydrogen) atoms. The summed E-state index contributed by atoms with van der Waals surface area (Å²) in [5, 5.41) is 0. The lowest BCUT2D eigenvalue weighted by Gasteiger charge is -2.40. The molecule has 1 aliphatic heterocycles. The molecule has 2 aliphatic rings. The number of hydrogen-bond acceptors (Lipinski definition) is 3. The zero-order chi connectivity index (χ0) is 14.8. The molecule has 0 atom stereocenters. The summed E-state index contributed by atoms with van der Waals surface area (Å²) in [5.41, 5.74) is 5.77. The first-order valence-electron chi connectivity index (χ1n) is 8.02. The minimum atomic E-state index is -0.258. The maximum Gasteiger partial charge on any atom is 0.230 e. The van der Waals surface area contributed by atoms with Crippen molar-refractivity contribution in [3.8, 4) is 0 Å². The maximum absolute atomic E-state index is 13.0. The van der Waals surface area contributed by atoms with E-state index in [1.54, 1.807) is 0 Å². The van der Waals surface area contributed by atoms with Gasteiger partial charge in [-0.1, -0.05) is 20.8 Å². The van der Waals surface area contributed by atoms with E-state index in [9.17, 15) is 4.79 Å². The molecular weight excluding hydrogens is 268 g/mol. The highest BCUT2D eigenvalue weighted by atomic mass is 32.2. The second-order valence-electron chi connectivity index (χ2n) is 7.32. The first-order valence-corrected chi connectivity index (χ1v) is 9.00. The topological polar surface area (TPSA) is 46.3 Å². The van der Waals surface area contributed by atoms with Crippen LogP contribution in [-0.2, 0) is 4.79 Å². The zero-order valence-corrected chi connectivity index (χ0v) is 14.1. The van der Waals surface area contributed by atoms with E-state index in [-0.39, 0.29) is 5.41 Å². The van der Waals surface area contributed by atoms with Crippen molar-refractivity contribution in [2.75, 3.05) is 25.4 Å². The largest absolute Gasteiger partial charge is 0.341 e. The number of hydrogen-bond donors (Lipinski definition) is 1. The number of amides is 1. The minimum Gasteiger partial charge on any atom is -0.341 e. The summed E-state index contributed by atoms with van der Waals surface area (Å²) in [7, 11) is 0. The minimum absolute atomic E-state index is 0.258. The van der Waals surface area contributed by atoms with Gasteiger partial charge in [0.15, 0.2) is 0 Å². The quantitative estimate of drug-likeness (QED) is 0.852. The zero-order valence-electron chi connectivity index (χ0n) is 13.3. The third-order valence-corrected chi connectivity index (χ3v) is 6.57. The second kappa shape index (κ2) is 6.27. The second-order valence-corrected chi connectivity index (χ2v) is 9.12. The summed E-state index contributed by atoms with van der Waals surface area (Å²) in [6.45, 7) is 9.17. The van der Waals surface area contributed by atoms with Crippen LogP contribution < -0.4 is 5.73 Å². The normalized spacial score (nSPS) is 34.6. The molecule has 1 heterocycles. The first kappa shape index (κ1) is 16.2. The van der Waals surface area contributed by atoms with Crippen molar-refractivity contribution in [1.29, 1.82) is 0 Å². The fourth-order valence-electron chi connectivity index (χ4n) is 3.38. The van der Waals surface area contributed by atoms with E-state index in [0.717, 1.165) is 56.9 Å². The van der Waals surface area contributed by atoms with E-state index in [4.69, 9.17) is 5.73 Å². The molecule has 0 radical (unpaired) electrons. The Morgan fingerprint density at radius 2 is 1.90 bits per heavy atom. The van der Waals surface area contributed by atoms with Gasteiger partial charge >= 0.3 is 0 Å². The Bertz CT molecular complexity index is 348. The van der Waals surface area contributed by atoms with E-state index in [0.29, 0.717) is 17.2 Å². The number of thioether (sulfide) groups is 1. The molecule has 0 aromatic rings. The van der Waals surface area contributed by atoms with Gasteiger partial charge < -0.3 is 10.6 Å². The Labute approximate surface area is 128 Å². The molecule has 3 nitrogen and oxygen atoms in total. The van der Waals surface area contributed by atoms with Crippen LogP contribution in [0.15, 0.2) is 0 Å². The van der Waals surface area contributed by atoms with E-state index < -0.39 is 0 Å². The summed E-state index contributed by atoms with van der Waals surface area (Å²) in [6, 6.07) is 0. The Morgan fingerprint density at radius 3 is 2.50 bits per heavy atom. The van der Waals surface area contributed by atoms with Gasteiger partial charge in [-0.15, -0.1) is 0 Å². The average Bonchev–Trinajstić information content (AvgIpc) is 2.60. The van der Waals surface area contributed by atoms with Crippen LogP contribution in [0.5, 0.6) is 0 Å². The molecule has 4 heteroatoms. The molecule has 0 aromatic carbocycles. The highest BCUT2D eigenvalue weighted by Gasteiger charge is 2.42. The number of carbonyl (C=O) groups is 1. The smallest absolute Gasteiger partial charge is 0.230 e. The number of nitrogens with zero attached hydrogens (tertiary/aromatic N) is 1. The molecule has 0 bridgehead atoms. The van der Waals surface area contributed by atoms with Crippen molar-refractivity contribution in [2.45, 2.75) is 57.6 Å². The van der Waals surface area contributed by atoms with Gasteiger partial charge in [0.25, 0.3) is 0 Å². The molecule has 1 amide bonds. The van der Waals surface area contributed by atoms with E-state index in [2.05, 4.69) is 25.7 Å². The summed E-state index contributed by atoms with van der Waals surface area (Å²) in [5.74, 6) is 2.14. The Hall–Kier alpha value is -0.220. The SMILES string of the molecule is CC1CCC(CN)(C(=O)N2CCSC(C)(C)CC2)CC1. The lowest BCUT2D eigenvalue weighted by molar-refractivity contribution is -0.143. The molecule has 1 saturated heterocycles. The van der Waals surface area contributed by atoms with Gasteiger partial charge in [0.05, 0.1) is 5.41 Å². The van der Waals surface area contributed by atoms with Crippen LogP contribution >= 0.6 is 11.8 Å². The van der Waals surface area contributed by atoms with Crippen molar-refractivity contribution < 1.29 is 4.79 Å². The van der Waals surface area contributed by atoms with Crippen molar-refractivity contribution in [2.24, 2.45) is 17.1 Å². The Kier molecular flexibility index (Phi) is 5.06. The van der Waals surface area contributed by atoms with Gasteiger partial charge in [-0.25, -0.2) is 0 Å². The molecule has 2 fully saturated rings. The molecule has 2 N–H and O–H groups in total. The predicted octanol–water partition coefficient (Wildman–Crippen LogP) is 2.89. The van der Waals surface area contributed by atoms with Crippen LogP contribution in [0, 0.1) is 11.3 Å². The Morgan fingerprint density at radius 1 is 1.25 bits per heavy atom. The summed E-state index contributed by atoms with van der Waals surface area (Å²) >= 11 is 1.99. The van der Waals surface area contributed by atoms with Crippen LogP contribution in [0.2, 0.25) is 0 Å².